The number of aromatic nitrogens is 1. The van der Waals surface area contributed by atoms with Crippen molar-refractivity contribution in [3.05, 3.63) is 83.3 Å². The van der Waals surface area contributed by atoms with Gasteiger partial charge in [-0.3, -0.25) is 4.79 Å². The fraction of sp³-hybridized carbons (Fsp3) is 0.182. The molecule has 4 aromatic rings. The number of benzene rings is 2. The predicted octanol–water partition coefficient (Wildman–Crippen LogP) is 4.23. The van der Waals surface area contributed by atoms with Crippen LogP contribution in [0.25, 0.3) is 10.2 Å². The molecule has 0 aliphatic rings. The third-order valence-electron chi connectivity index (χ3n) is 4.51. The van der Waals surface area contributed by atoms with Gasteiger partial charge in [-0.15, -0.1) is 11.3 Å². The first-order chi connectivity index (χ1) is 14.5. The standard InChI is InChI=1S/C22H20N2O4S2/c25-22(23-14-6-11-21-24-18-9-4-5-10-20(18)29-21)19-13-12-16(28-19)15-30(26,27)17-7-2-1-3-8-17/h1-5,7-10,12-13H,6,11,14-15H2,(H,23,25). The Labute approximate surface area is 178 Å². The lowest BCUT2D eigenvalue weighted by atomic mass is 10.3. The van der Waals surface area contributed by atoms with Gasteiger partial charge in [-0.2, -0.15) is 0 Å². The van der Waals surface area contributed by atoms with Gasteiger partial charge in [0.05, 0.1) is 20.1 Å². The van der Waals surface area contributed by atoms with E-state index in [1.165, 1.54) is 24.3 Å². The van der Waals surface area contributed by atoms with E-state index in [4.69, 9.17) is 4.42 Å². The first-order valence-electron chi connectivity index (χ1n) is 9.50. The van der Waals surface area contributed by atoms with Crippen LogP contribution >= 0.6 is 11.3 Å². The van der Waals surface area contributed by atoms with Crippen LogP contribution in [-0.2, 0) is 22.0 Å². The summed E-state index contributed by atoms with van der Waals surface area (Å²) in [6.45, 7) is 0.479. The van der Waals surface area contributed by atoms with E-state index in [0.29, 0.717) is 6.54 Å². The summed E-state index contributed by atoms with van der Waals surface area (Å²) in [6, 6.07) is 19.2. The minimum Gasteiger partial charge on any atom is -0.455 e. The van der Waals surface area contributed by atoms with Gasteiger partial charge in [0.2, 0.25) is 0 Å². The lowest BCUT2D eigenvalue weighted by molar-refractivity contribution is 0.0924. The lowest BCUT2D eigenvalue weighted by Gasteiger charge is -2.03. The highest BCUT2D eigenvalue weighted by Gasteiger charge is 2.19. The molecule has 0 spiro atoms. The number of furan rings is 1. The summed E-state index contributed by atoms with van der Waals surface area (Å²) < 4.78 is 31.5. The number of hydrogen-bond acceptors (Lipinski definition) is 6. The Morgan fingerprint density at radius 2 is 1.77 bits per heavy atom. The number of amides is 1. The van der Waals surface area contributed by atoms with Crippen LogP contribution in [0.3, 0.4) is 0 Å². The topological polar surface area (TPSA) is 89.3 Å². The van der Waals surface area contributed by atoms with E-state index in [1.807, 2.05) is 24.3 Å². The molecule has 0 saturated heterocycles. The molecule has 154 valence electrons. The molecular formula is C22H20N2O4S2. The number of sulfone groups is 1. The van der Waals surface area contributed by atoms with E-state index in [9.17, 15) is 13.2 Å². The molecule has 4 rings (SSSR count). The summed E-state index contributed by atoms with van der Waals surface area (Å²) in [5.41, 5.74) is 0.995. The zero-order valence-corrected chi connectivity index (χ0v) is 17.7. The minimum atomic E-state index is -3.52. The Hall–Kier alpha value is -2.97. The maximum absolute atomic E-state index is 12.4. The zero-order chi connectivity index (χ0) is 21.0. The summed E-state index contributed by atoms with van der Waals surface area (Å²) in [5, 5.41) is 3.84. The van der Waals surface area contributed by atoms with Crippen LogP contribution in [0.4, 0.5) is 0 Å². The number of nitrogens with zero attached hydrogens (tertiary/aromatic N) is 1. The maximum atomic E-state index is 12.4. The lowest BCUT2D eigenvalue weighted by Crippen LogP contribution is -2.24. The summed E-state index contributed by atoms with van der Waals surface area (Å²) in [6.07, 6.45) is 1.53. The Balaban J connectivity index is 1.28. The van der Waals surface area contributed by atoms with E-state index in [0.717, 1.165) is 28.1 Å². The molecule has 0 bridgehead atoms. The van der Waals surface area contributed by atoms with Crippen molar-refractivity contribution in [2.24, 2.45) is 0 Å². The normalized spacial score (nSPS) is 11.6. The third-order valence-corrected chi connectivity index (χ3v) is 7.26. The average molecular weight is 441 g/mol. The Bertz CT molecular complexity index is 1230. The van der Waals surface area contributed by atoms with Gasteiger partial charge in [0, 0.05) is 13.0 Å². The highest BCUT2D eigenvalue weighted by atomic mass is 32.2. The van der Waals surface area contributed by atoms with Gasteiger partial charge >= 0.3 is 0 Å². The van der Waals surface area contributed by atoms with Gasteiger partial charge in [0.1, 0.15) is 11.5 Å². The van der Waals surface area contributed by atoms with Crippen molar-refractivity contribution in [2.45, 2.75) is 23.5 Å². The summed E-state index contributed by atoms with van der Waals surface area (Å²) in [5.74, 6) is -0.309. The third kappa shape index (κ3) is 4.77. The van der Waals surface area contributed by atoms with Crippen molar-refractivity contribution in [3.8, 4) is 0 Å². The number of nitrogens with one attached hydrogen (secondary N) is 1. The molecule has 2 aromatic carbocycles. The molecule has 6 nitrogen and oxygen atoms in total. The van der Waals surface area contributed by atoms with Gasteiger partial charge in [0.15, 0.2) is 15.6 Å². The monoisotopic (exact) mass is 440 g/mol. The van der Waals surface area contributed by atoms with Crippen LogP contribution in [0.5, 0.6) is 0 Å². The molecule has 0 aliphatic heterocycles. The zero-order valence-electron chi connectivity index (χ0n) is 16.1. The number of thiazole rings is 1. The Morgan fingerprint density at radius 3 is 2.57 bits per heavy atom. The largest absolute Gasteiger partial charge is 0.455 e. The molecule has 2 aromatic heterocycles. The molecular weight excluding hydrogens is 420 g/mol. The van der Waals surface area contributed by atoms with Crippen LogP contribution in [0.15, 0.2) is 76.0 Å². The number of rotatable bonds is 8. The van der Waals surface area contributed by atoms with Gasteiger partial charge in [-0.25, -0.2) is 13.4 Å². The molecule has 2 heterocycles. The van der Waals surface area contributed by atoms with E-state index >= 15 is 0 Å². The SMILES string of the molecule is O=C(NCCCc1nc2ccccc2s1)c1ccc(CS(=O)(=O)c2ccccc2)o1. The summed E-state index contributed by atoms with van der Waals surface area (Å²) in [7, 11) is -3.52. The second kappa shape index (κ2) is 8.81. The van der Waals surface area contributed by atoms with Crippen molar-refractivity contribution >= 4 is 37.3 Å². The fourth-order valence-corrected chi connectivity index (χ4v) is 5.31. The molecule has 0 atom stereocenters. The van der Waals surface area contributed by atoms with E-state index in [1.54, 1.807) is 29.5 Å². The number of para-hydroxylation sites is 1. The van der Waals surface area contributed by atoms with Crippen LogP contribution < -0.4 is 5.32 Å². The van der Waals surface area contributed by atoms with Crippen molar-refractivity contribution < 1.29 is 17.6 Å². The first kappa shape index (κ1) is 20.3. The molecule has 0 aliphatic carbocycles. The number of carbonyl (C=O) groups excluding carboxylic acids is 1. The summed E-state index contributed by atoms with van der Waals surface area (Å²) >= 11 is 1.66. The van der Waals surface area contributed by atoms with E-state index in [2.05, 4.69) is 10.3 Å². The second-order valence-electron chi connectivity index (χ2n) is 6.77. The van der Waals surface area contributed by atoms with Crippen LogP contribution in [0, 0.1) is 0 Å². The Morgan fingerprint density at radius 1 is 1.00 bits per heavy atom. The van der Waals surface area contributed by atoms with Crippen LogP contribution in [0.1, 0.15) is 27.7 Å². The summed E-state index contributed by atoms with van der Waals surface area (Å²) in [4.78, 5) is 17.1. The number of aryl methyl sites for hydroxylation is 1. The van der Waals surface area contributed by atoms with E-state index < -0.39 is 9.84 Å². The van der Waals surface area contributed by atoms with Crippen LogP contribution in [0.2, 0.25) is 0 Å². The molecule has 8 heteroatoms. The quantitative estimate of drug-likeness (QED) is 0.414. The average Bonchev–Trinajstić information content (AvgIpc) is 3.38. The van der Waals surface area contributed by atoms with Gasteiger partial charge in [-0.1, -0.05) is 30.3 Å². The fourth-order valence-electron chi connectivity index (χ4n) is 3.03. The molecule has 0 saturated carbocycles. The smallest absolute Gasteiger partial charge is 0.286 e. The molecule has 0 fully saturated rings. The van der Waals surface area contributed by atoms with Gasteiger partial charge in [-0.05, 0) is 42.8 Å². The maximum Gasteiger partial charge on any atom is 0.286 e. The molecule has 0 unspecified atom stereocenters. The highest BCUT2D eigenvalue weighted by molar-refractivity contribution is 7.90. The van der Waals surface area contributed by atoms with Gasteiger partial charge < -0.3 is 9.73 Å². The highest BCUT2D eigenvalue weighted by Crippen LogP contribution is 2.22. The van der Waals surface area contributed by atoms with E-state index in [-0.39, 0.29) is 28.1 Å². The molecule has 1 N–H and O–H groups in total. The Kier molecular flexibility index (Phi) is 5.96. The number of fused-ring (bicyclic) bond motifs is 1. The predicted molar refractivity (Wildman–Crippen MR) is 116 cm³/mol. The van der Waals surface area contributed by atoms with Crippen molar-refractivity contribution in [3.63, 3.8) is 0 Å². The van der Waals surface area contributed by atoms with Crippen LogP contribution in [-0.4, -0.2) is 25.9 Å². The number of carbonyl (C=O) groups is 1. The van der Waals surface area contributed by atoms with Crippen molar-refractivity contribution in [1.82, 2.24) is 10.3 Å². The van der Waals surface area contributed by atoms with Crippen molar-refractivity contribution in [1.29, 1.82) is 0 Å². The number of hydrogen-bond donors (Lipinski definition) is 1. The van der Waals surface area contributed by atoms with Crippen molar-refractivity contribution in [2.75, 3.05) is 6.54 Å². The molecule has 0 radical (unpaired) electrons. The minimum absolute atomic E-state index is 0.105. The van der Waals surface area contributed by atoms with Gasteiger partial charge in [0.25, 0.3) is 5.91 Å². The second-order valence-corrected chi connectivity index (χ2v) is 9.88. The molecule has 30 heavy (non-hydrogen) atoms. The first-order valence-corrected chi connectivity index (χ1v) is 12.0. The molecule has 1 amide bonds.